The highest BCUT2D eigenvalue weighted by molar-refractivity contribution is 4.96. The molecule has 0 aliphatic heterocycles. The topological polar surface area (TPSA) is 0 Å². The Balaban J connectivity index is 2.60. The van der Waals surface area contributed by atoms with Gasteiger partial charge in [-0.1, -0.05) is 34.6 Å². The van der Waals surface area contributed by atoms with Crippen molar-refractivity contribution >= 4 is 0 Å². The summed E-state index contributed by atoms with van der Waals surface area (Å²) < 4.78 is 0. The molecule has 1 rings (SSSR count). The van der Waals surface area contributed by atoms with Gasteiger partial charge in [0, 0.05) is 0 Å². The number of hydrogen-bond donors (Lipinski definition) is 0. The molecule has 0 spiro atoms. The molecule has 11 heavy (non-hydrogen) atoms. The number of hydrogen-bond acceptors (Lipinski definition) is 0. The van der Waals surface area contributed by atoms with E-state index in [4.69, 9.17) is 0 Å². The van der Waals surface area contributed by atoms with Gasteiger partial charge in [0.15, 0.2) is 0 Å². The highest BCUT2D eigenvalue weighted by Gasteiger charge is 2.46. The first kappa shape index (κ1) is 9.09. The summed E-state index contributed by atoms with van der Waals surface area (Å²) >= 11 is 0. The van der Waals surface area contributed by atoms with Crippen LogP contribution in [0.2, 0.25) is 0 Å². The van der Waals surface area contributed by atoms with Crippen LogP contribution in [0.4, 0.5) is 0 Å². The molecule has 0 unspecified atom stereocenters. The van der Waals surface area contributed by atoms with Crippen LogP contribution < -0.4 is 0 Å². The Labute approximate surface area is 71.4 Å². The Morgan fingerprint density at radius 1 is 0.909 bits per heavy atom. The van der Waals surface area contributed by atoms with E-state index in [1.807, 2.05) is 0 Å². The maximum Gasteiger partial charge on any atom is -0.0292 e. The van der Waals surface area contributed by atoms with Gasteiger partial charge in [-0.3, -0.25) is 0 Å². The van der Waals surface area contributed by atoms with Crippen molar-refractivity contribution in [1.82, 2.24) is 0 Å². The van der Waals surface area contributed by atoms with Crippen molar-refractivity contribution in [2.45, 2.75) is 47.5 Å². The van der Waals surface area contributed by atoms with E-state index in [0.29, 0.717) is 5.41 Å². The average molecular weight is 154 g/mol. The Bertz CT molecular complexity index is 121. The minimum atomic E-state index is 0.711. The van der Waals surface area contributed by atoms with Crippen LogP contribution >= 0.6 is 0 Å². The van der Waals surface area contributed by atoms with E-state index >= 15 is 0 Å². The summed E-state index contributed by atoms with van der Waals surface area (Å²) in [5.74, 6) is 2.67. The molecule has 0 heteroatoms. The van der Waals surface area contributed by atoms with Gasteiger partial charge >= 0.3 is 0 Å². The first-order valence-electron chi connectivity index (χ1n) is 4.97. The Morgan fingerprint density at radius 3 is 1.36 bits per heavy atom. The van der Waals surface area contributed by atoms with Gasteiger partial charge in [0.1, 0.15) is 0 Å². The number of rotatable bonds is 3. The average Bonchev–Trinajstić information content (AvgIpc) is 2.44. The molecule has 1 aliphatic carbocycles. The second-order valence-electron chi connectivity index (χ2n) is 5.17. The Morgan fingerprint density at radius 2 is 1.27 bits per heavy atom. The SMILES string of the molecule is CC(C)C(C(C)C)C1(C)CC1. The zero-order chi connectivity index (χ0) is 8.65. The predicted molar refractivity (Wildman–Crippen MR) is 50.5 cm³/mol. The monoisotopic (exact) mass is 154 g/mol. The Kier molecular flexibility index (Phi) is 2.32. The third kappa shape index (κ3) is 1.77. The van der Waals surface area contributed by atoms with Crippen molar-refractivity contribution in [2.75, 3.05) is 0 Å². The van der Waals surface area contributed by atoms with Crippen molar-refractivity contribution in [3.63, 3.8) is 0 Å². The fraction of sp³-hybridized carbons (Fsp3) is 1.00. The second-order valence-corrected chi connectivity index (χ2v) is 5.17. The van der Waals surface area contributed by atoms with Gasteiger partial charge in [-0.05, 0) is 36.0 Å². The fourth-order valence-corrected chi connectivity index (χ4v) is 2.91. The summed E-state index contributed by atoms with van der Waals surface area (Å²) in [4.78, 5) is 0. The maximum atomic E-state index is 2.46. The fourth-order valence-electron chi connectivity index (χ4n) is 2.91. The van der Waals surface area contributed by atoms with Gasteiger partial charge in [0.25, 0.3) is 0 Å². The van der Waals surface area contributed by atoms with E-state index in [0.717, 1.165) is 17.8 Å². The third-order valence-corrected chi connectivity index (χ3v) is 3.28. The van der Waals surface area contributed by atoms with Crippen LogP contribution in [-0.2, 0) is 0 Å². The normalized spacial score (nSPS) is 21.8. The molecule has 0 aromatic heterocycles. The molecule has 0 saturated heterocycles. The molecular formula is C11H22. The molecule has 1 saturated carbocycles. The molecule has 66 valence electrons. The zero-order valence-electron chi connectivity index (χ0n) is 8.65. The van der Waals surface area contributed by atoms with E-state index in [1.54, 1.807) is 0 Å². The molecule has 0 aromatic carbocycles. The summed E-state index contributed by atoms with van der Waals surface area (Å²) in [7, 11) is 0. The third-order valence-electron chi connectivity index (χ3n) is 3.28. The van der Waals surface area contributed by atoms with Crippen LogP contribution in [-0.4, -0.2) is 0 Å². The van der Waals surface area contributed by atoms with Crippen molar-refractivity contribution in [3.05, 3.63) is 0 Å². The van der Waals surface area contributed by atoms with E-state index in [1.165, 1.54) is 12.8 Å². The van der Waals surface area contributed by atoms with Crippen LogP contribution in [0.1, 0.15) is 47.5 Å². The van der Waals surface area contributed by atoms with Gasteiger partial charge in [0.05, 0.1) is 0 Å². The van der Waals surface area contributed by atoms with Gasteiger partial charge in [-0.25, -0.2) is 0 Å². The van der Waals surface area contributed by atoms with Crippen LogP contribution in [0.5, 0.6) is 0 Å². The van der Waals surface area contributed by atoms with Gasteiger partial charge in [-0.2, -0.15) is 0 Å². The minimum absolute atomic E-state index is 0.711. The van der Waals surface area contributed by atoms with Gasteiger partial charge < -0.3 is 0 Å². The summed E-state index contributed by atoms with van der Waals surface area (Å²) in [5, 5.41) is 0. The second kappa shape index (κ2) is 2.80. The van der Waals surface area contributed by atoms with Crippen LogP contribution in [0.25, 0.3) is 0 Å². The van der Waals surface area contributed by atoms with Crippen LogP contribution in [0, 0.1) is 23.2 Å². The van der Waals surface area contributed by atoms with Crippen LogP contribution in [0.3, 0.4) is 0 Å². The molecular weight excluding hydrogens is 132 g/mol. The van der Waals surface area contributed by atoms with Crippen molar-refractivity contribution in [1.29, 1.82) is 0 Å². The molecule has 0 atom stereocenters. The highest BCUT2D eigenvalue weighted by atomic mass is 14.5. The molecule has 1 fully saturated rings. The Hall–Kier alpha value is 0. The molecule has 0 N–H and O–H groups in total. The van der Waals surface area contributed by atoms with Gasteiger partial charge in [-0.15, -0.1) is 0 Å². The van der Waals surface area contributed by atoms with E-state index in [9.17, 15) is 0 Å². The smallest absolute Gasteiger partial charge is 0.0292 e. The minimum Gasteiger partial charge on any atom is -0.0625 e. The molecule has 0 amide bonds. The molecule has 0 heterocycles. The lowest BCUT2D eigenvalue weighted by molar-refractivity contribution is 0.181. The molecule has 0 bridgehead atoms. The lowest BCUT2D eigenvalue weighted by Crippen LogP contribution is -2.24. The van der Waals surface area contributed by atoms with E-state index in [2.05, 4.69) is 34.6 Å². The summed E-state index contributed by atoms with van der Waals surface area (Å²) in [6.45, 7) is 11.9. The summed E-state index contributed by atoms with van der Waals surface area (Å²) in [6.07, 6.45) is 2.93. The molecule has 0 aromatic rings. The summed E-state index contributed by atoms with van der Waals surface area (Å²) in [5.41, 5.74) is 0.711. The van der Waals surface area contributed by atoms with Crippen molar-refractivity contribution < 1.29 is 0 Å². The van der Waals surface area contributed by atoms with Crippen molar-refractivity contribution in [2.24, 2.45) is 23.2 Å². The largest absolute Gasteiger partial charge is 0.0625 e. The maximum absolute atomic E-state index is 2.46. The van der Waals surface area contributed by atoms with Crippen molar-refractivity contribution in [3.8, 4) is 0 Å². The quantitative estimate of drug-likeness (QED) is 0.581. The molecule has 0 nitrogen and oxygen atoms in total. The first-order valence-corrected chi connectivity index (χ1v) is 4.97. The highest BCUT2D eigenvalue weighted by Crippen LogP contribution is 2.56. The first-order chi connectivity index (χ1) is 4.97. The predicted octanol–water partition coefficient (Wildman–Crippen LogP) is 3.71. The molecule has 0 radical (unpaired) electrons. The standard InChI is InChI=1S/C11H22/c1-8(2)10(9(3)4)11(5)6-7-11/h8-10H,6-7H2,1-5H3. The zero-order valence-corrected chi connectivity index (χ0v) is 8.65. The lowest BCUT2D eigenvalue weighted by Gasteiger charge is -2.31. The lowest BCUT2D eigenvalue weighted by atomic mass is 9.75. The van der Waals surface area contributed by atoms with E-state index < -0.39 is 0 Å². The summed E-state index contributed by atoms with van der Waals surface area (Å²) in [6, 6.07) is 0. The van der Waals surface area contributed by atoms with E-state index in [-0.39, 0.29) is 0 Å². The molecule has 1 aliphatic rings. The van der Waals surface area contributed by atoms with Gasteiger partial charge in [0.2, 0.25) is 0 Å². The van der Waals surface area contributed by atoms with Crippen LogP contribution in [0.15, 0.2) is 0 Å².